The van der Waals surface area contributed by atoms with E-state index < -0.39 is 0 Å². The van der Waals surface area contributed by atoms with Gasteiger partial charge in [0.25, 0.3) is 5.91 Å². The van der Waals surface area contributed by atoms with E-state index in [2.05, 4.69) is 37.2 Å². The Balaban J connectivity index is 1.47. The second-order valence-electron chi connectivity index (χ2n) is 8.24. The molecule has 1 amide bonds. The molecule has 0 spiro atoms. The van der Waals surface area contributed by atoms with E-state index in [0.717, 1.165) is 25.4 Å². The van der Waals surface area contributed by atoms with Gasteiger partial charge in [0.15, 0.2) is 0 Å². The van der Waals surface area contributed by atoms with Gasteiger partial charge in [-0.1, -0.05) is 12.1 Å². The summed E-state index contributed by atoms with van der Waals surface area (Å²) in [5, 5.41) is 2.90. The molecule has 0 radical (unpaired) electrons. The van der Waals surface area contributed by atoms with Gasteiger partial charge < -0.3 is 15.0 Å². The van der Waals surface area contributed by atoms with Gasteiger partial charge in [0.1, 0.15) is 5.75 Å². The first-order valence-corrected chi connectivity index (χ1v) is 10.4. The number of likely N-dealkylation sites (tertiary alicyclic amines) is 1. The molecule has 152 valence electrons. The normalized spacial score (nSPS) is 30.1. The summed E-state index contributed by atoms with van der Waals surface area (Å²) in [5.74, 6) is 2.33. The number of carbonyl (C=O) groups is 1. The van der Waals surface area contributed by atoms with Gasteiger partial charge in [-0.3, -0.25) is 9.69 Å². The van der Waals surface area contributed by atoms with Gasteiger partial charge in [-0.25, -0.2) is 9.97 Å². The molecule has 4 aliphatic heterocycles. The molecule has 0 unspecified atom stereocenters. The summed E-state index contributed by atoms with van der Waals surface area (Å²) in [6.45, 7) is 3.02. The van der Waals surface area contributed by atoms with Crippen LogP contribution >= 0.6 is 0 Å². The fraction of sp³-hybridized carbons (Fsp3) is 0.500. The summed E-state index contributed by atoms with van der Waals surface area (Å²) in [6, 6.07) is 9.01. The standard InChI is InChI=1S/C22H27N5O2/c1-23-22-24-11-16(12-25-22)21(28)27-13-18(14-3-5-17(29-2)6-4-14)20-19(27)15-7-9-26(20)10-8-15/h3-6,11-12,15,18-20H,7-10,13H2,1-2H3,(H,23,24,25)/t18-,19+,20+/m1/s1. The first-order valence-electron chi connectivity index (χ1n) is 10.4. The van der Waals surface area contributed by atoms with Crippen LogP contribution in [-0.4, -0.2) is 71.6 Å². The molecule has 3 atom stereocenters. The highest BCUT2D eigenvalue weighted by atomic mass is 16.5. The average Bonchev–Trinajstić information content (AvgIpc) is 3.22. The highest BCUT2D eigenvalue weighted by Gasteiger charge is 2.54. The minimum Gasteiger partial charge on any atom is -0.497 e. The van der Waals surface area contributed by atoms with Gasteiger partial charge in [0.05, 0.1) is 18.7 Å². The molecule has 4 fully saturated rings. The molecule has 29 heavy (non-hydrogen) atoms. The SMILES string of the molecule is CNc1ncc(C(=O)N2C[C@H](c3ccc(OC)cc3)[C@H]3[C@@H]2C2CCN3CC2)cn1. The molecular formula is C22H27N5O2. The highest BCUT2D eigenvalue weighted by molar-refractivity contribution is 5.94. The van der Waals surface area contributed by atoms with Crippen LogP contribution in [0.4, 0.5) is 5.95 Å². The van der Waals surface area contributed by atoms with Crippen molar-refractivity contribution in [2.45, 2.75) is 30.8 Å². The van der Waals surface area contributed by atoms with Crippen LogP contribution in [0.3, 0.4) is 0 Å². The molecule has 0 aliphatic carbocycles. The number of rotatable bonds is 4. The number of nitrogens with one attached hydrogen (secondary N) is 1. The number of methoxy groups -OCH3 is 1. The molecule has 1 aromatic heterocycles. The topological polar surface area (TPSA) is 70.6 Å². The zero-order valence-electron chi connectivity index (χ0n) is 16.9. The maximum atomic E-state index is 13.4. The van der Waals surface area contributed by atoms with Crippen LogP contribution in [-0.2, 0) is 0 Å². The molecule has 1 aromatic carbocycles. The summed E-state index contributed by atoms with van der Waals surface area (Å²) < 4.78 is 5.33. The monoisotopic (exact) mass is 393 g/mol. The smallest absolute Gasteiger partial charge is 0.257 e. The Morgan fingerprint density at radius 3 is 2.41 bits per heavy atom. The van der Waals surface area contributed by atoms with Gasteiger partial charge >= 0.3 is 0 Å². The number of hydrogen-bond acceptors (Lipinski definition) is 6. The van der Waals surface area contributed by atoms with Crippen LogP contribution in [0.25, 0.3) is 0 Å². The second kappa shape index (κ2) is 7.30. The van der Waals surface area contributed by atoms with Gasteiger partial charge in [0, 0.05) is 37.9 Å². The Kier molecular flexibility index (Phi) is 4.62. The van der Waals surface area contributed by atoms with Gasteiger partial charge in [0.2, 0.25) is 5.95 Å². The zero-order chi connectivity index (χ0) is 20.0. The third-order valence-electron chi connectivity index (χ3n) is 6.92. The van der Waals surface area contributed by atoms with Crippen molar-refractivity contribution < 1.29 is 9.53 Å². The summed E-state index contributed by atoms with van der Waals surface area (Å²) in [5.41, 5.74) is 1.85. The Hall–Kier alpha value is -2.67. The summed E-state index contributed by atoms with van der Waals surface area (Å²) in [6.07, 6.45) is 5.63. The Bertz CT molecular complexity index is 877. The highest BCUT2D eigenvalue weighted by Crippen LogP contribution is 2.47. The molecule has 7 nitrogen and oxygen atoms in total. The minimum atomic E-state index is 0.0485. The number of ether oxygens (including phenoxy) is 1. The molecule has 5 heterocycles. The molecule has 0 saturated carbocycles. The first kappa shape index (κ1) is 18.4. The van der Waals surface area contributed by atoms with Crippen LogP contribution in [0.5, 0.6) is 5.75 Å². The molecule has 7 heteroatoms. The van der Waals surface area contributed by atoms with Crippen molar-refractivity contribution in [2.24, 2.45) is 5.92 Å². The second-order valence-corrected chi connectivity index (χ2v) is 8.24. The third-order valence-corrected chi connectivity index (χ3v) is 6.92. The van der Waals surface area contributed by atoms with Crippen LogP contribution in [0.2, 0.25) is 0 Å². The lowest BCUT2D eigenvalue weighted by Gasteiger charge is -2.51. The molecule has 2 bridgehead atoms. The van der Waals surface area contributed by atoms with Crippen LogP contribution in [0.15, 0.2) is 36.7 Å². The molecule has 6 rings (SSSR count). The first-order chi connectivity index (χ1) is 14.2. The number of aromatic nitrogens is 2. The minimum absolute atomic E-state index is 0.0485. The predicted octanol–water partition coefficient (Wildman–Crippen LogP) is 2.23. The Morgan fingerprint density at radius 2 is 1.79 bits per heavy atom. The van der Waals surface area contributed by atoms with Crippen molar-refractivity contribution in [1.29, 1.82) is 0 Å². The number of benzene rings is 1. The largest absolute Gasteiger partial charge is 0.497 e. The van der Waals surface area contributed by atoms with E-state index in [1.807, 2.05) is 12.1 Å². The van der Waals surface area contributed by atoms with E-state index in [-0.39, 0.29) is 11.9 Å². The predicted molar refractivity (Wildman–Crippen MR) is 110 cm³/mol. The summed E-state index contributed by atoms with van der Waals surface area (Å²) in [7, 11) is 3.46. The van der Waals surface area contributed by atoms with Crippen LogP contribution in [0.1, 0.15) is 34.7 Å². The fourth-order valence-electron chi connectivity index (χ4n) is 5.53. The molecule has 4 aliphatic rings. The van der Waals surface area contributed by atoms with Crippen LogP contribution < -0.4 is 10.1 Å². The van der Waals surface area contributed by atoms with Crippen LogP contribution in [0, 0.1) is 5.92 Å². The lowest BCUT2D eigenvalue weighted by Crippen LogP contribution is -2.60. The molecule has 2 aromatic rings. The van der Waals surface area contributed by atoms with E-state index in [0.29, 0.717) is 29.4 Å². The van der Waals surface area contributed by atoms with Crippen molar-refractivity contribution in [2.75, 3.05) is 39.1 Å². The van der Waals surface area contributed by atoms with Crippen molar-refractivity contribution in [3.05, 3.63) is 47.8 Å². The average molecular weight is 393 g/mol. The maximum Gasteiger partial charge on any atom is 0.257 e. The lowest BCUT2D eigenvalue weighted by atomic mass is 9.75. The van der Waals surface area contributed by atoms with Gasteiger partial charge in [-0.05, 0) is 49.5 Å². The Morgan fingerprint density at radius 1 is 1.10 bits per heavy atom. The number of hydrogen-bond donors (Lipinski definition) is 1. The van der Waals surface area contributed by atoms with Gasteiger partial charge in [-0.2, -0.15) is 0 Å². The fourth-order valence-corrected chi connectivity index (χ4v) is 5.53. The zero-order valence-corrected chi connectivity index (χ0v) is 16.9. The number of fused-ring (bicyclic) bond motifs is 2. The van der Waals surface area contributed by atoms with E-state index in [4.69, 9.17) is 4.74 Å². The number of amides is 1. The Labute approximate surface area is 171 Å². The molecule has 4 saturated heterocycles. The molecular weight excluding hydrogens is 366 g/mol. The quantitative estimate of drug-likeness (QED) is 0.859. The van der Waals surface area contributed by atoms with E-state index >= 15 is 0 Å². The number of carbonyl (C=O) groups excluding carboxylic acids is 1. The molecule has 1 N–H and O–H groups in total. The number of anilines is 1. The van der Waals surface area contributed by atoms with Crippen molar-refractivity contribution in [1.82, 2.24) is 19.8 Å². The van der Waals surface area contributed by atoms with E-state index in [9.17, 15) is 4.79 Å². The number of nitrogens with zero attached hydrogens (tertiary/aromatic N) is 4. The van der Waals surface area contributed by atoms with Gasteiger partial charge in [-0.15, -0.1) is 0 Å². The van der Waals surface area contributed by atoms with E-state index in [1.165, 1.54) is 18.4 Å². The maximum absolute atomic E-state index is 13.4. The summed E-state index contributed by atoms with van der Waals surface area (Å²) in [4.78, 5) is 26.6. The third kappa shape index (κ3) is 3.04. The lowest BCUT2D eigenvalue weighted by molar-refractivity contribution is -0.00343. The van der Waals surface area contributed by atoms with Crippen molar-refractivity contribution in [3.63, 3.8) is 0 Å². The van der Waals surface area contributed by atoms with E-state index in [1.54, 1.807) is 26.6 Å². The van der Waals surface area contributed by atoms with Crippen molar-refractivity contribution in [3.8, 4) is 5.75 Å². The van der Waals surface area contributed by atoms with Crippen molar-refractivity contribution >= 4 is 11.9 Å². The summed E-state index contributed by atoms with van der Waals surface area (Å²) >= 11 is 0. The number of piperidine rings is 3.